The molecule has 0 aromatic heterocycles. The smallest absolute Gasteiger partial charge is 0.300 e. The highest BCUT2D eigenvalue weighted by Crippen LogP contribution is 2.42. The van der Waals surface area contributed by atoms with Crippen LogP contribution in [0.25, 0.3) is 5.76 Å². The highest BCUT2D eigenvalue weighted by Gasteiger charge is 2.46. The average molecular weight is 494 g/mol. The molecule has 0 bridgehead atoms. The van der Waals surface area contributed by atoms with E-state index in [0.717, 1.165) is 4.47 Å². The number of nitrogens with zero attached hydrogens (tertiary/aromatic N) is 1. The molecule has 1 heterocycles. The molecule has 0 spiro atoms. The minimum Gasteiger partial charge on any atom is -0.507 e. The van der Waals surface area contributed by atoms with Gasteiger partial charge in [0.2, 0.25) is 0 Å². The van der Waals surface area contributed by atoms with Crippen LogP contribution in [0.2, 0.25) is 0 Å². The predicted octanol–water partition coefficient (Wildman–Crippen LogP) is 5.09. The molecule has 1 fully saturated rings. The number of benzene rings is 3. The van der Waals surface area contributed by atoms with E-state index in [1.165, 1.54) is 4.90 Å². The summed E-state index contributed by atoms with van der Waals surface area (Å²) in [6.07, 6.45) is 0. The highest BCUT2D eigenvalue weighted by atomic mass is 79.9. The Morgan fingerprint density at radius 1 is 0.844 bits per heavy atom. The molecular weight excluding hydrogens is 474 g/mol. The fourth-order valence-electron chi connectivity index (χ4n) is 3.71. The number of methoxy groups -OCH3 is 2. The number of ether oxygens (including phenoxy) is 2. The Morgan fingerprint density at radius 2 is 1.38 bits per heavy atom. The molecule has 1 N–H and O–H groups in total. The third-order valence-electron chi connectivity index (χ3n) is 5.34. The van der Waals surface area contributed by atoms with Crippen molar-refractivity contribution in [1.29, 1.82) is 0 Å². The summed E-state index contributed by atoms with van der Waals surface area (Å²) in [6, 6.07) is 20.0. The van der Waals surface area contributed by atoms with Crippen LogP contribution >= 0.6 is 15.9 Å². The van der Waals surface area contributed by atoms with E-state index in [1.54, 1.807) is 62.8 Å². The van der Waals surface area contributed by atoms with Crippen LogP contribution < -0.4 is 14.4 Å². The normalized spacial score (nSPS) is 17.5. The molecule has 1 aliphatic rings. The van der Waals surface area contributed by atoms with Crippen molar-refractivity contribution < 1.29 is 24.2 Å². The first-order valence-corrected chi connectivity index (χ1v) is 10.6. The van der Waals surface area contributed by atoms with Crippen molar-refractivity contribution in [3.05, 3.63) is 94.0 Å². The minimum absolute atomic E-state index is 0.0262. The number of aliphatic hydroxyl groups is 1. The molecule has 3 aromatic rings. The van der Waals surface area contributed by atoms with E-state index in [2.05, 4.69) is 15.9 Å². The van der Waals surface area contributed by atoms with E-state index < -0.39 is 17.7 Å². The Morgan fingerprint density at radius 3 is 1.91 bits per heavy atom. The predicted molar refractivity (Wildman–Crippen MR) is 125 cm³/mol. The number of anilines is 1. The number of carbonyl (C=O) groups is 2. The standard InChI is InChI=1S/C25H20BrNO5/c1-31-19-11-5-16(6-12-19)23(28)21-22(15-3-7-17(26)8-4-15)27(25(30)24(21)29)18-9-13-20(32-2)14-10-18/h3-14,22,28H,1-2H3/b23-21+. The first-order valence-electron chi connectivity index (χ1n) is 9.79. The van der Waals surface area contributed by atoms with Gasteiger partial charge < -0.3 is 14.6 Å². The highest BCUT2D eigenvalue weighted by molar-refractivity contribution is 9.10. The third kappa shape index (κ3) is 3.87. The van der Waals surface area contributed by atoms with Gasteiger partial charge in [-0.3, -0.25) is 14.5 Å². The van der Waals surface area contributed by atoms with Crippen molar-refractivity contribution in [2.45, 2.75) is 6.04 Å². The number of halogens is 1. The van der Waals surface area contributed by atoms with E-state index in [9.17, 15) is 14.7 Å². The maximum Gasteiger partial charge on any atom is 0.300 e. The Labute approximate surface area is 193 Å². The molecule has 1 amide bonds. The Bertz CT molecular complexity index is 1180. The van der Waals surface area contributed by atoms with E-state index in [-0.39, 0.29) is 11.3 Å². The van der Waals surface area contributed by atoms with Crippen LogP contribution in [0.4, 0.5) is 5.69 Å². The second kappa shape index (κ2) is 8.88. The molecule has 6 nitrogen and oxygen atoms in total. The first kappa shape index (κ1) is 21.6. The lowest BCUT2D eigenvalue weighted by Gasteiger charge is -2.25. The van der Waals surface area contributed by atoms with Crippen molar-refractivity contribution >= 4 is 39.1 Å². The van der Waals surface area contributed by atoms with E-state index in [0.29, 0.717) is 28.3 Å². The van der Waals surface area contributed by atoms with Crippen molar-refractivity contribution in [1.82, 2.24) is 0 Å². The van der Waals surface area contributed by atoms with E-state index >= 15 is 0 Å². The molecule has 0 radical (unpaired) electrons. The number of rotatable bonds is 5. The molecule has 1 aliphatic heterocycles. The second-order valence-corrected chi connectivity index (χ2v) is 8.06. The lowest BCUT2D eigenvalue weighted by molar-refractivity contribution is -0.132. The van der Waals surface area contributed by atoms with Crippen molar-refractivity contribution in [2.24, 2.45) is 0 Å². The van der Waals surface area contributed by atoms with Crippen LogP contribution in [0, 0.1) is 0 Å². The fourth-order valence-corrected chi connectivity index (χ4v) is 3.97. The monoisotopic (exact) mass is 493 g/mol. The van der Waals surface area contributed by atoms with Gasteiger partial charge >= 0.3 is 0 Å². The molecule has 1 unspecified atom stereocenters. The van der Waals surface area contributed by atoms with Gasteiger partial charge in [-0.05, 0) is 66.2 Å². The molecule has 4 rings (SSSR count). The number of Topliss-reactive ketones (excluding diaryl/α,β-unsaturated/α-hetero) is 1. The SMILES string of the molecule is COc1ccc(/C(O)=C2\C(=O)C(=O)N(c3ccc(OC)cc3)C2c2ccc(Br)cc2)cc1. The number of ketones is 1. The maximum atomic E-state index is 13.1. The fraction of sp³-hybridized carbons (Fsp3) is 0.120. The van der Waals surface area contributed by atoms with Crippen LogP contribution in [0.1, 0.15) is 17.2 Å². The lowest BCUT2D eigenvalue weighted by atomic mass is 9.95. The summed E-state index contributed by atoms with van der Waals surface area (Å²) in [7, 11) is 3.10. The van der Waals surface area contributed by atoms with Crippen LogP contribution in [0.15, 0.2) is 82.8 Å². The summed E-state index contributed by atoms with van der Waals surface area (Å²) in [5.74, 6) is -0.455. The minimum atomic E-state index is -0.793. The molecule has 1 saturated heterocycles. The quantitative estimate of drug-likeness (QED) is 0.304. The molecule has 162 valence electrons. The van der Waals surface area contributed by atoms with Crippen LogP contribution in [0.5, 0.6) is 11.5 Å². The van der Waals surface area contributed by atoms with Gasteiger partial charge in [-0.1, -0.05) is 28.1 Å². The summed E-state index contributed by atoms with van der Waals surface area (Å²) in [5, 5.41) is 11.1. The van der Waals surface area contributed by atoms with E-state index in [1.807, 2.05) is 24.3 Å². The van der Waals surface area contributed by atoms with Gasteiger partial charge in [-0.15, -0.1) is 0 Å². The zero-order valence-corrected chi connectivity index (χ0v) is 19.0. The van der Waals surface area contributed by atoms with Crippen molar-refractivity contribution in [3.8, 4) is 11.5 Å². The largest absolute Gasteiger partial charge is 0.507 e. The topological polar surface area (TPSA) is 76.1 Å². The summed E-state index contributed by atoms with van der Waals surface area (Å²) < 4.78 is 11.2. The molecule has 7 heteroatoms. The molecule has 0 aliphatic carbocycles. The summed E-state index contributed by atoms with van der Waals surface area (Å²) in [6.45, 7) is 0. The molecule has 0 saturated carbocycles. The molecule has 3 aromatic carbocycles. The second-order valence-electron chi connectivity index (χ2n) is 7.15. The lowest BCUT2D eigenvalue weighted by Crippen LogP contribution is -2.29. The summed E-state index contributed by atoms with van der Waals surface area (Å²) >= 11 is 3.41. The number of aliphatic hydroxyl groups excluding tert-OH is 1. The first-order chi connectivity index (χ1) is 15.4. The molecule has 1 atom stereocenters. The van der Waals surface area contributed by atoms with Gasteiger partial charge in [-0.2, -0.15) is 0 Å². The maximum absolute atomic E-state index is 13.1. The summed E-state index contributed by atoms with van der Waals surface area (Å²) in [4.78, 5) is 27.7. The number of carbonyl (C=O) groups excluding carboxylic acids is 2. The van der Waals surface area contributed by atoms with Crippen LogP contribution in [-0.4, -0.2) is 31.0 Å². The van der Waals surface area contributed by atoms with Gasteiger partial charge in [0.15, 0.2) is 0 Å². The Kier molecular flexibility index (Phi) is 6.01. The van der Waals surface area contributed by atoms with Crippen molar-refractivity contribution in [3.63, 3.8) is 0 Å². The zero-order valence-electron chi connectivity index (χ0n) is 17.4. The van der Waals surface area contributed by atoms with Crippen LogP contribution in [-0.2, 0) is 9.59 Å². The van der Waals surface area contributed by atoms with Gasteiger partial charge in [-0.25, -0.2) is 0 Å². The average Bonchev–Trinajstić information content (AvgIpc) is 3.09. The Hall–Kier alpha value is -3.58. The Balaban J connectivity index is 1.89. The van der Waals surface area contributed by atoms with E-state index in [4.69, 9.17) is 9.47 Å². The van der Waals surface area contributed by atoms with Crippen molar-refractivity contribution in [2.75, 3.05) is 19.1 Å². The zero-order chi connectivity index (χ0) is 22.8. The summed E-state index contributed by atoms with van der Waals surface area (Å²) in [5.41, 5.74) is 1.66. The van der Waals surface area contributed by atoms with Gasteiger partial charge in [0.1, 0.15) is 17.3 Å². The molecular formula is C25H20BrNO5. The van der Waals surface area contributed by atoms with Gasteiger partial charge in [0.05, 0.1) is 25.8 Å². The number of amides is 1. The van der Waals surface area contributed by atoms with Crippen LogP contribution in [0.3, 0.4) is 0 Å². The number of hydrogen-bond donors (Lipinski definition) is 1. The third-order valence-corrected chi connectivity index (χ3v) is 5.87. The van der Waals surface area contributed by atoms with Gasteiger partial charge in [0.25, 0.3) is 11.7 Å². The number of hydrogen-bond acceptors (Lipinski definition) is 5. The van der Waals surface area contributed by atoms with Gasteiger partial charge in [0, 0.05) is 15.7 Å². The molecule has 32 heavy (non-hydrogen) atoms.